The number of nitrogens with one attached hydrogen (secondary N) is 1. The Morgan fingerprint density at radius 2 is 2.06 bits per heavy atom. The lowest BCUT2D eigenvalue weighted by Gasteiger charge is -2.19. The number of nitrogens with zero attached hydrogens (tertiary/aromatic N) is 3. The van der Waals surface area contributed by atoms with Crippen LogP contribution in [0.2, 0.25) is 0 Å². The van der Waals surface area contributed by atoms with Crippen LogP contribution in [0.15, 0.2) is 23.8 Å². The minimum atomic E-state index is -1.29. The van der Waals surface area contributed by atoms with Gasteiger partial charge in [-0.2, -0.15) is 0 Å². The lowest BCUT2D eigenvalue weighted by atomic mass is 10.0. The molecule has 4 N–H and O–H groups in total. The predicted molar refractivity (Wildman–Crippen MR) is 58.1 cm³/mol. The zero-order valence-electron chi connectivity index (χ0n) is 8.73. The van der Waals surface area contributed by atoms with E-state index in [0.29, 0.717) is 0 Å². The van der Waals surface area contributed by atoms with Crippen LogP contribution in [0.4, 0.5) is 11.5 Å². The van der Waals surface area contributed by atoms with Crippen molar-refractivity contribution in [1.29, 1.82) is 0 Å². The summed E-state index contributed by atoms with van der Waals surface area (Å²) in [5, 5.41) is 33.0. The molecule has 1 atom stereocenters. The summed E-state index contributed by atoms with van der Waals surface area (Å²) < 4.78 is 0. The fourth-order valence-corrected chi connectivity index (χ4v) is 1.58. The maximum absolute atomic E-state index is 10.7. The predicted octanol–water partition coefficient (Wildman–Crippen LogP) is 0.419. The summed E-state index contributed by atoms with van der Waals surface area (Å²) in [6.07, 6.45) is 0.961. The quantitative estimate of drug-likeness (QED) is 0.505. The molecule has 0 bridgehead atoms. The first-order valence-electron chi connectivity index (χ1n) is 4.66. The van der Waals surface area contributed by atoms with E-state index in [-0.39, 0.29) is 17.1 Å². The Labute approximate surface area is 99.0 Å². The van der Waals surface area contributed by atoms with Crippen molar-refractivity contribution in [2.45, 2.75) is 6.04 Å². The minimum Gasteiger partial charge on any atom is -0.490 e. The van der Waals surface area contributed by atoms with Crippen LogP contribution in [0.5, 0.6) is 0 Å². The summed E-state index contributed by atoms with van der Waals surface area (Å²) in [5.74, 6) is -0.669. The van der Waals surface area contributed by atoms with Gasteiger partial charge in [-0.1, -0.05) is 0 Å². The third-order valence-corrected chi connectivity index (χ3v) is 2.42. The van der Waals surface area contributed by atoms with E-state index < -0.39 is 27.5 Å². The molecule has 2 rings (SSSR count). The van der Waals surface area contributed by atoms with Crippen LogP contribution in [0.3, 0.4) is 0 Å². The minimum absolute atomic E-state index is 0.0520. The molecule has 18 heavy (non-hydrogen) atoms. The first kappa shape index (κ1) is 11.7. The van der Waals surface area contributed by atoms with Gasteiger partial charge in [-0.3, -0.25) is 20.2 Å². The van der Waals surface area contributed by atoms with Gasteiger partial charge in [-0.05, 0) is 0 Å². The Hall–Kier alpha value is -2.75. The molecule has 1 unspecified atom stereocenters. The Balaban J connectivity index is 2.54. The van der Waals surface area contributed by atoms with Crippen LogP contribution < -0.4 is 11.1 Å². The summed E-state index contributed by atoms with van der Waals surface area (Å²) in [6, 6.07) is -0.209. The Morgan fingerprint density at radius 1 is 1.39 bits per heavy atom. The Morgan fingerprint density at radius 3 is 2.61 bits per heavy atom. The molecule has 94 valence electrons. The highest BCUT2D eigenvalue weighted by Gasteiger charge is 2.36. The second-order valence-corrected chi connectivity index (χ2v) is 3.48. The van der Waals surface area contributed by atoms with Gasteiger partial charge in [-0.25, -0.2) is 4.98 Å². The molecule has 10 nitrogen and oxygen atoms in total. The lowest BCUT2D eigenvalue weighted by molar-refractivity contribution is -0.433. The van der Waals surface area contributed by atoms with Crippen LogP contribution >= 0.6 is 0 Å². The first-order valence-corrected chi connectivity index (χ1v) is 4.66. The number of hydrogen-bond donors (Lipinski definition) is 3. The number of hydrogen-bond acceptors (Lipinski definition) is 8. The number of anilines is 1. The van der Waals surface area contributed by atoms with Gasteiger partial charge in [0.15, 0.2) is 0 Å². The zero-order chi connectivity index (χ0) is 13.4. The molecular formula is C8H7N5O5. The molecule has 0 amide bonds. The molecule has 10 heteroatoms. The summed E-state index contributed by atoms with van der Waals surface area (Å²) in [6.45, 7) is 0. The third-order valence-electron chi connectivity index (χ3n) is 2.42. The van der Waals surface area contributed by atoms with Crippen molar-refractivity contribution in [1.82, 2.24) is 4.98 Å². The van der Waals surface area contributed by atoms with E-state index >= 15 is 0 Å². The van der Waals surface area contributed by atoms with E-state index in [9.17, 15) is 25.3 Å². The zero-order valence-corrected chi connectivity index (χ0v) is 8.73. The molecule has 2 heterocycles. The van der Waals surface area contributed by atoms with Gasteiger partial charge >= 0.3 is 5.70 Å². The maximum Gasteiger partial charge on any atom is 0.326 e. The van der Waals surface area contributed by atoms with Crippen molar-refractivity contribution in [2.75, 3.05) is 5.32 Å². The maximum atomic E-state index is 10.7. The fourth-order valence-electron chi connectivity index (χ4n) is 1.58. The van der Waals surface area contributed by atoms with Gasteiger partial charge in [0, 0.05) is 11.6 Å². The van der Waals surface area contributed by atoms with Crippen molar-refractivity contribution in [3.8, 4) is 0 Å². The molecule has 1 aromatic rings. The van der Waals surface area contributed by atoms with Crippen LogP contribution in [0, 0.1) is 20.2 Å². The lowest BCUT2D eigenvalue weighted by Crippen LogP contribution is -2.28. The van der Waals surface area contributed by atoms with E-state index in [1.54, 1.807) is 0 Å². The van der Waals surface area contributed by atoms with Crippen molar-refractivity contribution < 1.29 is 15.0 Å². The highest BCUT2D eigenvalue weighted by Crippen LogP contribution is 2.33. The number of aromatic nitrogens is 1. The topological polar surface area (TPSA) is 157 Å². The standard InChI is InChI=1S/C8H7N5O5/c9-5-4-1-3(12(15)16)2-10-7(4)11-8(14)6(5)13(17)18/h1-2,5,14H,9H2,(H,10,11). The largest absolute Gasteiger partial charge is 0.490 e. The summed E-state index contributed by atoms with van der Waals surface area (Å²) in [4.78, 5) is 23.4. The summed E-state index contributed by atoms with van der Waals surface area (Å²) in [7, 11) is 0. The molecule has 0 aliphatic carbocycles. The van der Waals surface area contributed by atoms with Gasteiger partial charge in [0.1, 0.15) is 18.1 Å². The second kappa shape index (κ2) is 3.92. The number of pyridine rings is 1. The van der Waals surface area contributed by atoms with Crippen molar-refractivity contribution >= 4 is 11.5 Å². The van der Waals surface area contributed by atoms with E-state index in [1.807, 2.05) is 0 Å². The SMILES string of the molecule is NC1C([N+](=O)[O-])=C(O)Nc2ncc([N+](=O)[O-])cc21. The average Bonchev–Trinajstić information content (AvgIpc) is 2.27. The Bertz CT molecular complexity index is 583. The molecule has 1 aromatic heterocycles. The molecule has 0 saturated heterocycles. The van der Waals surface area contributed by atoms with E-state index in [4.69, 9.17) is 5.73 Å². The number of fused-ring (bicyclic) bond motifs is 1. The molecule has 0 radical (unpaired) electrons. The number of nitrogens with two attached hydrogens (primary N) is 1. The highest BCUT2D eigenvalue weighted by molar-refractivity contribution is 5.57. The normalized spacial score (nSPS) is 17.9. The van der Waals surface area contributed by atoms with Gasteiger partial charge in [0.05, 0.1) is 9.85 Å². The van der Waals surface area contributed by atoms with E-state index in [0.717, 1.165) is 12.3 Å². The van der Waals surface area contributed by atoms with Gasteiger partial charge in [-0.15, -0.1) is 0 Å². The molecule has 0 fully saturated rings. The fraction of sp³-hybridized carbons (Fsp3) is 0.125. The number of aliphatic hydroxyl groups is 1. The molecule has 1 aliphatic heterocycles. The van der Waals surface area contributed by atoms with Crippen LogP contribution in [0.1, 0.15) is 11.6 Å². The number of rotatable bonds is 2. The molecular weight excluding hydrogens is 246 g/mol. The van der Waals surface area contributed by atoms with Crippen LogP contribution in [-0.2, 0) is 0 Å². The van der Waals surface area contributed by atoms with Gasteiger partial charge in [0.25, 0.3) is 11.6 Å². The number of nitro groups is 2. The average molecular weight is 253 g/mol. The van der Waals surface area contributed by atoms with Gasteiger partial charge in [0.2, 0.25) is 0 Å². The highest BCUT2D eigenvalue weighted by atomic mass is 16.6. The van der Waals surface area contributed by atoms with Crippen molar-refractivity contribution in [2.24, 2.45) is 5.73 Å². The van der Waals surface area contributed by atoms with Gasteiger partial charge < -0.3 is 16.2 Å². The summed E-state index contributed by atoms with van der Waals surface area (Å²) in [5.41, 5.74) is 4.67. The molecule has 0 saturated carbocycles. The molecule has 1 aliphatic rings. The number of aliphatic hydroxyl groups excluding tert-OH is 1. The van der Waals surface area contributed by atoms with Crippen molar-refractivity contribution in [3.63, 3.8) is 0 Å². The van der Waals surface area contributed by atoms with Crippen LogP contribution in [0.25, 0.3) is 0 Å². The molecule has 0 spiro atoms. The third kappa shape index (κ3) is 1.69. The Kier molecular flexibility index (Phi) is 2.56. The monoisotopic (exact) mass is 253 g/mol. The molecule has 0 aromatic carbocycles. The van der Waals surface area contributed by atoms with E-state index in [1.165, 1.54) is 0 Å². The second-order valence-electron chi connectivity index (χ2n) is 3.48. The van der Waals surface area contributed by atoms with Crippen molar-refractivity contribution in [3.05, 3.63) is 49.6 Å². The summed E-state index contributed by atoms with van der Waals surface area (Å²) >= 11 is 0. The van der Waals surface area contributed by atoms with E-state index in [2.05, 4.69) is 10.3 Å². The smallest absolute Gasteiger partial charge is 0.326 e. The van der Waals surface area contributed by atoms with Crippen LogP contribution in [-0.4, -0.2) is 19.9 Å². The first-order chi connectivity index (χ1) is 8.41.